The number of hydrogen-bond donors (Lipinski definition) is 1. The Morgan fingerprint density at radius 3 is 2.40 bits per heavy atom. The largest absolute Gasteiger partial charge is 0.462 e. The van der Waals surface area contributed by atoms with Gasteiger partial charge in [0.25, 0.3) is 10.0 Å². The van der Waals surface area contributed by atoms with E-state index in [-0.39, 0.29) is 22.8 Å². The van der Waals surface area contributed by atoms with E-state index in [1.54, 1.807) is 0 Å². The van der Waals surface area contributed by atoms with Crippen LogP contribution < -0.4 is 4.72 Å². The van der Waals surface area contributed by atoms with Crippen LogP contribution in [0.25, 0.3) is 0 Å². The number of carbonyl (C=O) groups excluding carboxylic acids is 1. The van der Waals surface area contributed by atoms with Crippen LogP contribution in [0.2, 0.25) is 0 Å². The third-order valence-electron chi connectivity index (χ3n) is 2.70. The number of esters is 1. The minimum atomic E-state index is -4.97. The van der Waals surface area contributed by atoms with Gasteiger partial charge in [0, 0.05) is 0 Å². The third kappa shape index (κ3) is 4.45. The molecule has 1 aromatic carbocycles. The highest BCUT2D eigenvalue weighted by atomic mass is 32.2. The van der Waals surface area contributed by atoms with Crippen LogP contribution in [0, 0.1) is 5.82 Å². The fourth-order valence-electron chi connectivity index (χ4n) is 1.68. The van der Waals surface area contributed by atoms with E-state index in [9.17, 15) is 30.8 Å². The number of aromatic nitrogens is 1. The number of benzene rings is 1. The topological polar surface area (TPSA) is 85.4 Å². The van der Waals surface area contributed by atoms with Crippen molar-refractivity contribution in [1.82, 2.24) is 4.98 Å². The van der Waals surface area contributed by atoms with Gasteiger partial charge in [0.05, 0.1) is 11.5 Å². The molecule has 136 valence electrons. The first kappa shape index (κ1) is 19.1. The van der Waals surface area contributed by atoms with Crippen LogP contribution in [0.4, 0.5) is 22.7 Å². The fraction of sp³-hybridized carbons (Fsp3) is 0.231. The molecule has 0 saturated carbocycles. The lowest BCUT2D eigenvalue weighted by Gasteiger charge is -2.05. The van der Waals surface area contributed by atoms with E-state index < -0.39 is 43.7 Å². The number of thiazole rings is 1. The van der Waals surface area contributed by atoms with Crippen LogP contribution >= 0.6 is 11.3 Å². The number of rotatable bonds is 5. The van der Waals surface area contributed by atoms with E-state index in [1.165, 1.54) is 6.92 Å². The first-order valence-electron chi connectivity index (χ1n) is 6.58. The molecule has 0 aliphatic rings. The number of anilines is 1. The fourth-order valence-corrected chi connectivity index (χ4v) is 3.79. The number of sulfonamides is 1. The van der Waals surface area contributed by atoms with Crippen molar-refractivity contribution in [3.8, 4) is 0 Å². The van der Waals surface area contributed by atoms with Gasteiger partial charge in [0.15, 0.2) is 10.8 Å². The summed E-state index contributed by atoms with van der Waals surface area (Å²) in [5, 5.41) is -0.667. The van der Waals surface area contributed by atoms with Gasteiger partial charge in [-0.3, -0.25) is 4.72 Å². The lowest BCUT2D eigenvalue weighted by Crippen LogP contribution is -2.14. The molecule has 25 heavy (non-hydrogen) atoms. The molecular weight excluding hydrogens is 388 g/mol. The number of halogens is 4. The van der Waals surface area contributed by atoms with Gasteiger partial charge in [-0.15, -0.1) is 0 Å². The maximum atomic E-state index is 13.0. The summed E-state index contributed by atoms with van der Waals surface area (Å²) in [6, 6.07) is 3.62. The standard InChI is InChI=1S/C13H10F4N2O4S2/c1-2-23-11(20)9-10(13(15,16)17)18-12(24-9)19-25(21,22)8-5-3-7(14)4-6-8/h3-6H,2H2,1H3,(H,18,19). The van der Waals surface area contributed by atoms with E-state index in [4.69, 9.17) is 0 Å². The zero-order chi connectivity index (χ0) is 18.8. The van der Waals surface area contributed by atoms with Gasteiger partial charge in [-0.1, -0.05) is 11.3 Å². The molecule has 0 unspecified atom stereocenters. The Balaban J connectivity index is 2.40. The lowest BCUT2D eigenvalue weighted by atomic mass is 10.3. The Morgan fingerprint density at radius 2 is 1.88 bits per heavy atom. The molecule has 1 heterocycles. The highest BCUT2D eigenvalue weighted by molar-refractivity contribution is 7.93. The number of nitrogens with zero attached hydrogens (tertiary/aromatic N) is 1. The van der Waals surface area contributed by atoms with Crippen molar-refractivity contribution in [2.75, 3.05) is 11.3 Å². The van der Waals surface area contributed by atoms with Gasteiger partial charge in [-0.2, -0.15) is 13.2 Å². The quantitative estimate of drug-likeness (QED) is 0.617. The van der Waals surface area contributed by atoms with E-state index in [0.29, 0.717) is 0 Å². The maximum absolute atomic E-state index is 13.0. The molecule has 2 rings (SSSR count). The SMILES string of the molecule is CCOC(=O)c1sc(NS(=O)(=O)c2ccc(F)cc2)nc1C(F)(F)F. The molecule has 0 radical (unpaired) electrons. The van der Waals surface area contributed by atoms with Crippen molar-refractivity contribution in [2.24, 2.45) is 0 Å². The second-order valence-corrected chi connectivity index (χ2v) is 7.16. The summed E-state index contributed by atoms with van der Waals surface area (Å²) < 4.78 is 82.4. The van der Waals surface area contributed by atoms with Crippen molar-refractivity contribution >= 4 is 32.5 Å². The van der Waals surface area contributed by atoms with Crippen LogP contribution in [-0.2, 0) is 20.9 Å². The Bertz CT molecular complexity index is 876. The van der Waals surface area contributed by atoms with E-state index in [0.717, 1.165) is 24.3 Å². The molecule has 0 spiro atoms. The predicted molar refractivity (Wildman–Crippen MR) is 80.3 cm³/mol. The molecule has 1 aromatic heterocycles. The molecule has 12 heteroatoms. The number of carbonyl (C=O) groups is 1. The highest BCUT2D eigenvalue weighted by Crippen LogP contribution is 2.37. The summed E-state index contributed by atoms with van der Waals surface area (Å²) in [5.41, 5.74) is -1.55. The minimum absolute atomic E-state index is 0.162. The van der Waals surface area contributed by atoms with E-state index >= 15 is 0 Å². The van der Waals surface area contributed by atoms with Crippen molar-refractivity contribution in [2.45, 2.75) is 18.0 Å². The molecule has 0 saturated heterocycles. The Morgan fingerprint density at radius 1 is 1.28 bits per heavy atom. The summed E-state index contributed by atoms with van der Waals surface area (Å²) in [7, 11) is -4.31. The number of hydrogen-bond acceptors (Lipinski definition) is 6. The molecule has 0 amide bonds. The average Bonchev–Trinajstić information content (AvgIpc) is 2.91. The van der Waals surface area contributed by atoms with Crippen molar-refractivity contribution in [1.29, 1.82) is 0 Å². The molecule has 0 bridgehead atoms. The van der Waals surface area contributed by atoms with E-state index in [2.05, 4.69) is 9.72 Å². The minimum Gasteiger partial charge on any atom is -0.462 e. The van der Waals surface area contributed by atoms with Gasteiger partial charge in [0.1, 0.15) is 10.7 Å². The highest BCUT2D eigenvalue weighted by Gasteiger charge is 2.40. The number of ether oxygens (including phenoxy) is 1. The summed E-state index contributed by atoms with van der Waals surface area (Å²) in [4.78, 5) is 13.5. The molecule has 2 aromatic rings. The second kappa shape index (κ2) is 6.96. The van der Waals surface area contributed by atoms with Crippen LogP contribution in [-0.4, -0.2) is 26.0 Å². The molecular formula is C13H10F4N2O4S2. The molecule has 6 nitrogen and oxygen atoms in total. The van der Waals surface area contributed by atoms with Gasteiger partial charge >= 0.3 is 12.1 Å². The van der Waals surface area contributed by atoms with Gasteiger partial charge in [0.2, 0.25) is 0 Å². The average molecular weight is 398 g/mol. The first-order chi connectivity index (χ1) is 11.5. The number of nitrogens with one attached hydrogen (secondary N) is 1. The van der Waals surface area contributed by atoms with E-state index in [1.807, 2.05) is 4.72 Å². The maximum Gasteiger partial charge on any atom is 0.435 e. The summed E-state index contributed by atoms with van der Waals surface area (Å²) in [5.74, 6) is -1.95. The van der Waals surface area contributed by atoms with Crippen LogP contribution in [0.1, 0.15) is 22.3 Å². The van der Waals surface area contributed by atoms with Gasteiger partial charge in [-0.05, 0) is 31.2 Å². The normalized spacial score (nSPS) is 12.0. The number of alkyl halides is 3. The molecule has 0 fully saturated rings. The second-order valence-electron chi connectivity index (χ2n) is 4.47. The van der Waals surface area contributed by atoms with Gasteiger partial charge in [-0.25, -0.2) is 22.6 Å². The Kier molecular flexibility index (Phi) is 5.32. The monoisotopic (exact) mass is 398 g/mol. The smallest absolute Gasteiger partial charge is 0.435 e. The summed E-state index contributed by atoms with van der Waals surface area (Å²) >= 11 is 0.189. The molecule has 0 atom stereocenters. The third-order valence-corrected chi connectivity index (χ3v) is 5.14. The first-order valence-corrected chi connectivity index (χ1v) is 8.88. The molecule has 0 aliphatic heterocycles. The zero-order valence-corrected chi connectivity index (χ0v) is 14.1. The van der Waals surface area contributed by atoms with Crippen molar-refractivity contribution < 1.29 is 35.5 Å². The lowest BCUT2D eigenvalue weighted by molar-refractivity contribution is -0.141. The van der Waals surface area contributed by atoms with Crippen LogP contribution in [0.5, 0.6) is 0 Å². The zero-order valence-electron chi connectivity index (χ0n) is 12.4. The Labute approximate surface area is 143 Å². The van der Waals surface area contributed by atoms with Crippen LogP contribution in [0.3, 0.4) is 0 Å². The summed E-state index contributed by atoms with van der Waals surface area (Å²) in [6.45, 7) is 1.25. The Hall–Kier alpha value is -2.21. The summed E-state index contributed by atoms with van der Waals surface area (Å²) in [6.07, 6.45) is -4.97. The van der Waals surface area contributed by atoms with Gasteiger partial charge < -0.3 is 4.74 Å². The van der Waals surface area contributed by atoms with Crippen molar-refractivity contribution in [3.05, 3.63) is 40.7 Å². The van der Waals surface area contributed by atoms with Crippen molar-refractivity contribution in [3.63, 3.8) is 0 Å². The molecule has 0 aliphatic carbocycles. The molecule has 1 N–H and O–H groups in total. The van der Waals surface area contributed by atoms with Crippen LogP contribution in [0.15, 0.2) is 29.2 Å². The predicted octanol–water partition coefficient (Wildman–Crippen LogP) is 3.28.